The normalized spacial score (nSPS) is 15.9. The van der Waals surface area contributed by atoms with Gasteiger partial charge in [0.05, 0.1) is 23.0 Å². The molecule has 5 amide bonds. The summed E-state index contributed by atoms with van der Waals surface area (Å²) in [6, 6.07) is 14.8. The first-order chi connectivity index (χ1) is 33.0. The lowest BCUT2D eigenvalue weighted by Gasteiger charge is -2.32. The van der Waals surface area contributed by atoms with Gasteiger partial charge in [0.1, 0.15) is 55.4 Å². The maximum Gasteiger partial charge on any atom is 0.255 e. The van der Waals surface area contributed by atoms with Crippen molar-refractivity contribution in [3.8, 4) is 40.5 Å². The van der Waals surface area contributed by atoms with Crippen molar-refractivity contribution in [1.29, 1.82) is 5.26 Å². The van der Waals surface area contributed by atoms with Crippen LogP contribution >= 0.6 is 0 Å². The number of aromatic nitrogens is 2. The van der Waals surface area contributed by atoms with Crippen molar-refractivity contribution >= 4 is 35.1 Å². The molecule has 10 N–H and O–H groups in total. The summed E-state index contributed by atoms with van der Waals surface area (Å²) < 4.78 is 12.2. The molecule has 1 aromatic heterocycles. The third-order valence-electron chi connectivity index (χ3n) is 11.5. The van der Waals surface area contributed by atoms with Gasteiger partial charge in [-0.2, -0.15) is 5.26 Å². The van der Waals surface area contributed by atoms with Crippen molar-refractivity contribution in [2.75, 3.05) is 46.4 Å². The van der Waals surface area contributed by atoms with Crippen molar-refractivity contribution in [1.82, 2.24) is 36.1 Å². The molecule has 1 aliphatic rings. The highest BCUT2D eigenvalue weighted by molar-refractivity contribution is 6.00. The van der Waals surface area contributed by atoms with Crippen LogP contribution in [0.2, 0.25) is 0 Å². The topological polar surface area (TPSA) is 283 Å². The molecular formula is C51H61N11O7. The summed E-state index contributed by atoms with van der Waals surface area (Å²) in [6.45, 7) is 11.2. The number of carbonyl (C=O) groups excluding carboxylic acids is 5. The minimum absolute atomic E-state index is 0.00388. The Morgan fingerprint density at radius 1 is 0.855 bits per heavy atom. The van der Waals surface area contributed by atoms with Gasteiger partial charge >= 0.3 is 0 Å². The summed E-state index contributed by atoms with van der Waals surface area (Å²) in [5, 5.41) is 19.9. The van der Waals surface area contributed by atoms with E-state index in [0.717, 1.165) is 11.1 Å². The summed E-state index contributed by atoms with van der Waals surface area (Å²) in [4.78, 5) is 80.7. The van der Waals surface area contributed by atoms with E-state index < -0.39 is 53.7 Å². The van der Waals surface area contributed by atoms with Crippen LogP contribution in [0.15, 0.2) is 66.2 Å². The number of aryl methyl sites for hydroxylation is 2. The van der Waals surface area contributed by atoms with Crippen LogP contribution in [0.5, 0.6) is 11.5 Å². The number of allylic oxidation sites excluding steroid dienone is 2. The Morgan fingerprint density at radius 2 is 1.48 bits per heavy atom. The van der Waals surface area contributed by atoms with Gasteiger partial charge in [0.15, 0.2) is 0 Å². The maximum absolute atomic E-state index is 14.7. The van der Waals surface area contributed by atoms with E-state index in [-0.39, 0.29) is 63.6 Å². The lowest BCUT2D eigenvalue weighted by molar-refractivity contribution is -0.141. The zero-order valence-corrected chi connectivity index (χ0v) is 40.1. The molecule has 0 saturated carbocycles. The molecule has 4 atom stereocenters. The summed E-state index contributed by atoms with van der Waals surface area (Å²) in [6.07, 6.45) is -0.0202. The molecule has 0 radical (unpaired) electrons. The monoisotopic (exact) mass is 939 g/mol. The molecule has 2 heterocycles. The number of nitrogens with one attached hydrogen (secondary N) is 4. The van der Waals surface area contributed by atoms with Crippen molar-refractivity contribution in [3.05, 3.63) is 111 Å². The van der Waals surface area contributed by atoms with Crippen molar-refractivity contribution in [3.63, 3.8) is 0 Å². The number of hydrogen-bond acceptors (Lipinski definition) is 13. The van der Waals surface area contributed by atoms with E-state index in [1.54, 1.807) is 50.2 Å². The highest BCUT2D eigenvalue weighted by Gasteiger charge is 2.36. The molecule has 4 bridgehead atoms. The third-order valence-corrected chi connectivity index (χ3v) is 11.5. The lowest BCUT2D eigenvalue weighted by Crippen LogP contribution is -2.56. The first-order valence-electron chi connectivity index (χ1n) is 22.6. The van der Waals surface area contributed by atoms with Gasteiger partial charge < -0.3 is 52.8 Å². The van der Waals surface area contributed by atoms with Gasteiger partial charge in [-0.05, 0) is 119 Å². The fourth-order valence-corrected chi connectivity index (χ4v) is 7.68. The van der Waals surface area contributed by atoms with E-state index in [4.69, 9.17) is 26.7 Å². The number of amides is 5. The van der Waals surface area contributed by atoms with Crippen molar-refractivity contribution in [2.24, 2.45) is 17.2 Å². The van der Waals surface area contributed by atoms with E-state index in [0.29, 0.717) is 45.1 Å². The lowest BCUT2D eigenvalue weighted by atomic mass is 9.93. The first-order valence-corrected chi connectivity index (χ1v) is 22.6. The number of nitrogens with zero attached hydrogens (tertiary/aromatic N) is 4. The second-order valence-electron chi connectivity index (χ2n) is 16.7. The average Bonchev–Trinajstić information content (AvgIpc) is 3.32. The van der Waals surface area contributed by atoms with Crippen LogP contribution in [0, 0.1) is 37.0 Å². The zero-order valence-electron chi connectivity index (χ0n) is 40.1. The number of ether oxygens (including phenoxy) is 2. The van der Waals surface area contributed by atoms with Gasteiger partial charge in [0, 0.05) is 43.2 Å². The number of benzene rings is 3. The predicted octanol–water partition coefficient (Wildman–Crippen LogP) is 2.48. The van der Waals surface area contributed by atoms with Crippen molar-refractivity contribution in [2.45, 2.75) is 78.6 Å². The summed E-state index contributed by atoms with van der Waals surface area (Å²) in [5.41, 5.74) is 24.6. The van der Waals surface area contributed by atoms with Crippen LogP contribution in [0.3, 0.4) is 0 Å². The molecule has 4 aromatic rings. The number of hydrogen-bond donors (Lipinski definition) is 7. The van der Waals surface area contributed by atoms with Crippen LogP contribution in [-0.4, -0.2) is 109 Å². The second kappa shape index (κ2) is 24.4. The standard InChI is InChI=1S/C51H61N11O7/c1-29(2)30(3)36-12-8-34(9-13-36)11-17-44-57-31(4)45(32(5)58-44)49(65)60-40(18-19-52)51(67)62(7)46-37-14-16-43(69-25-22-55)39(28-37)38-26-35(10-15-42(38)68-24-21-54)27-41(48(64)56-23-20-53)61-47(63)33(6)59-50(46)66/h8-10,12-16,26,28,33,40-41,46H,18-19,21-25,27,52,54-55H2,1-7H3,(H,56,64)(H,59,66)(H,60,65)(H,61,63). The number of nitriles is 1. The molecule has 4 unspecified atom stereocenters. The van der Waals surface area contributed by atoms with Crippen LogP contribution in [0.4, 0.5) is 0 Å². The van der Waals surface area contributed by atoms with Gasteiger partial charge in [-0.3, -0.25) is 24.0 Å². The largest absolute Gasteiger partial charge is 0.492 e. The Morgan fingerprint density at radius 3 is 2.07 bits per heavy atom. The molecule has 18 nitrogen and oxygen atoms in total. The molecule has 362 valence electrons. The fourth-order valence-electron chi connectivity index (χ4n) is 7.68. The Bertz CT molecular complexity index is 2680. The van der Waals surface area contributed by atoms with Gasteiger partial charge in [-0.15, -0.1) is 0 Å². The minimum atomic E-state index is -1.42. The average molecular weight is 940 g/mol. The van der Waals surface area contributed by atoms with Gasteiger partial charge in [-0.25, -0.2) is 9.97 Å². The van der Waals surface area contributed by atoms with E-state index in [2.05, 4.69) is 63.8 Å². The second-order valence-corrected chi connectivity index (χ2v) is 16.7. The van der Waals surface area contributed by atoms with Crippen LogP contribution in [0.25, 0.3) is 16.7 Å². The molecule has 0 spiro atoms. The number of fused-ring (bicyclic) bond motifs is 5. The summed E-state index contributed by atoms with van der Waals surface area (Å²) in [5.74, 6) is 3.63. The van der Waals surface area contributed by atoms with E-state index >= 15 is 0 Å². The Balaban J connectivity index is 1.53. The Hall–Kier alpha value is -7.64. The van der Waals surface area contributed by atoms with Crippen LogP contribution in [0.1, 0.15) is 90.0 Å². The van der Waals surface area contributed by atoms with Crippen molar-refractivity contribution < 1.29 is 33.4 Å². The molecule has 1 aliphatic heterocycles. The summed E-state index contributed by atoms with van der Waals surface area (Å²) in [7, 11) is 1.41. The van der Waals surface area contributed by atoms with Gasteiger partial charge in [0.2, 0.25) is 29.5 Å². The third kappa shape index (κ3) is 13.3. The smallest absolute Gasteiger partial charge is 0.255 e. The minimum Gasteiger partial charge on any atom is -0.492 e. The molecular weight excluding hydrogens is 879 g/mol. The highest BCUT2D eigenvalue weighted by Crippen LogP contribution is 2.40. The van der Waals surface area contributed by atoms with E-state index in [1.165, 1.54) is 30.0 Å². The maximum atomic E-state index is 14.7. The highest BCUT2D eigenvalue weighted by atomic mass is 16.5. The number of rotatable bonds is 15. The number of nitrogens with two attached hydrogens (primary N) is 3. The van der Waals surface area contributed by atoms with Crippen LogP contribution < -0.4 is 47.9 Å². The SMILES string of the molecule is CC(C)=C(C)c1ccc(C#Cc2nc(C)c(C(=O)NC(CCN)C(=O)N(C)C3C(=O)NC(C)C(=O)NC(C(=O)NCC#N)Cc4ccc(OCCN)c(c4)-c4cc3ccc4OCCN)c(C)n2)cc1. The molecule has 0 fully saturated rings. The van der Waals surface area contributed by atoms with Crippen LogP contribution in [-0.2, 0) is 25.6 Å². The first kappa shape index (κ1) is 52.3. The quantitative estimate of drug-likeness (QED) is 0.0667. The zero-order chi connectivity index (χ0) is 50.4. The number of carbonyl (C=O) groups is 5. The molecule has 0 saturated heterocycles. The van der Waals surface area contributed by atoms with E-state index in [9.17, 15) is 29.2 Å². The molecule has 18 heteroatoms. The molecule has 0 aliphatic carbocycles. The fraction of sp³-hybridized carbons (Fsp3) is 0.373. The molecule has 5 rings (SSSR count). The molecule has 69 heavy (non-hydrogen) atoms. The van der Waals surface area contributed by atoms with E-state index in [1.807, 2.05) is 30.3 Å². The molecule has 3 aromatic carbocycles. The van der Waals surface area contributed by atoms with Gasteiger partial charge in [0.25, 0.3) is 5.91 Å². The predicted molar refractivity (Wildman–Crippen MR) is 261 cm³/mol. The van der Waals surface area contributed by atoms with Gasteiger partial charge in [-0.1, -0.05) is 35.8 Å². The Labute approximate surface area is 402 Å². The summed E-state index contributed by atoms with van der Waals surface area (Å²) >= 11 is 0. The number of likely N-dealkylation sites (N-methyl/N-ethyl adjacent to an activating group) is 1. The Kier molecular flexibility index (Phi) is 18.5.